The van der Waals surface area contributed by atoms with Crippen LogP contribution in [0.4, 0.5) is 5.69 Å². The van der Waals surface area contributed by atoms with Crippen LogP contribution in [0.5, 0.6) is 5.75 Å². The Morgan fingerprint density at radius 2 is 1.96 bits per heavy atom. The van der Waals surface area contributed by atoms with E-state index in [2.05, 4.69) is 15.4 Å². The van der Waals surface area contributed by atoms with Crippen molar-refractivity contribution >= 4 is 17.6 Å². The van der Waals surface area contributed by atoms with Gasteiger partial charge in [0.1, 0.15) is 18.1 Å². The fraction of sp³-hybridized carbons (Fsp3) is 0.333. The predicted octanol–water partition coefficient (Wildman–Crippen LogP) is -0.365. The van der Waals surface area contributed by atoms with Crippen LogP contribution in [0.1, 0.15) is 0 Å². The van der Waals surface area contributed by atoms with Gasteiger partial charge in [-0.1, -0.05) is 12.1 Å². The zero-order valence-electron chi connectivity index (χ0n) is 12.7. The molecule has 0 aliphatic heterocycles. The first-order valence-corrected chi connectivity index (χ1v) is 6.90. The molecule has 0 saturated heterocycles. The number of carbonyl (C=O) groups excluding carboxylic acids is 2. The van der Waals surface area contributed by atoms with Crippen molar-refractivity contribution < 1.29 is 29.3 Å². The zero-order chi connectivity index (χ0) is 17.1. The molecule has 4 N–H and O–H groups in total. The number of anilines is 1. The first-order chi connectivity index (χ1) is 11.1. The lowest BCUT2D eigenvalue weighted by Crippen LogP contribution is -2.31. The van der Waals surface area contributed by atoms with Crippen molar-refractivity contribution in [2.75, 3.05) is 38.8 Å². The number of aliphatic hydroxyl groups is 2. The highest BCUT2D eigenvalue weighted by Crippen LogP contribution is 2.25. The molecule has 0 atom stereocenters. The van der Waals surface area contributed by atoms with Crippen LogP contribution in [0, 0.1) is 0 Å². The van der Waals surface area contributed by atoms with E-state index >= 15 is 0 Å². The van der Waals surface area contributed by atoms with E-state index in [0.29, 0.717) is 11.4 Å². The molecule has 23 heavy (non-hydrogen) atoms. The van der Waals surface area contributed by atoms with Gasteiger partial charge in [-0.15, -0.1) is 0 Å². The highest BCUT2D eigenvalue weighted by atomic mass is 16.5. The third-order valence-electron chi connectivity index (χ3n) is 2.61. The van der Waals surface area contributed by atoms with Crippen molar-refractivity contribution in [1.29, 1.82) is 0 Å². The van der Waals surface area contributed by atoms with Gasteiger partial charge in [0.05, 0.1) is 32.1 Å². The molecule has 1 amide bonds. The predicted molar refractivity (Wildman–Crippen MR) is 82.8 cm³/mol. The van der Waals surface area contributed by atoms with Crippen LogP contribution in [-0.4, -0.2) is 55.6 Å². The molecule has 0 saturated carbocycles. The molecule has 1 aromatic carbocycles. The van der Waals surface area contributed by atoms with Crippen LogP contribution in [0.2, 0.25) is 0 Å². The van der Waals surface area contributed by atoms with E-state index in [9.17, 15) is 9.59 Å². The van der Waals surface area contributed by atoms with Gasteiger partial charge < -0.3 is 30.3 Å². The van der Waals surface area contributed by atoms with Crippen LogP contribution < -0.4 is 15.4 Å². The second kappa shape index (κ2) is 10.2. The number of hydrogen-bond donors (Lipinski definition) is 4. The van der Waals surface area contributed by atoms with Gasteiger partial charge in [0.25, 0.3) is 5.91 Å². The number of hydrogen-bond acceptors (Lipinski definition) is 7. The second-order valence-corrected chi connectivity index (χ2v) is 4.25. The summed E-state index contributed by atoms with van der Waals surface area (Å²) >= 11 is 0. The topological polar surface area (TPSA) is 117 Å². The van der Waals surface area contributed by atoms with Crippen molar-refractivity contribution in [3.05, 3.63) is 36.0 Å². The molecule has 8 nitrogen and oxygen atoms in total. The van der Waals surface area contributed by atoms with E-state index in [1.165, 1.54) is 7.11 Å². The summed E-state index contributed by atoms with van der Waals surface area (Å²) in [6.45, 7) is -0.253. The first kappa shape index (κ1) is 18.5. The van der Waals surface area contributed by atoms with Crippen molar-refractivity contribution in [3.63, 3.8) is 0 Å². The Morgan fingerprint density at radius 1 is 1.22 bits per heavy atom. The highest BCUT2D eigenvalue weighted by molar-refractivity contribution is 6.02. The highest BCUT2D eigenvalue weighted by Gasteiger charge is 2.14. The number of esters is 1. The van der Waals surface area contributed by atoms with Gasteiger partial charge in [-0.05, 0) is 12.1 Å². The number of amides is 1. The number of nitrogens with one attached hydrogen (secondary N) is 2. The van der Waals surface area contributed by atoms with E-state index in [1.807, 2.05) is 0 Å². The van der Waals surface area contributed by atoms with E-state index < -0.39 is 11.9 Å². The fourth-order valence-corrected chi connectivity index (χ4v) is 1.60. The number of ether oxygens (including phenoxy) is 2. The van der Waals surface area contributed by atoms with E-state index in [1.54, 1.807) is 24.3 Å². The van der Waals surface area contributed by atoms with Gasteiger partial charge in [-0.2, -0.15) is 0 Å². The lowest BCUT2D eigenvalue weighted by Gasteiger charge is -2.14. The van der Waals surface area contributed by atoms with Crippen LogP contribution in [0.3, 0.4) is 0 Å². The molecule has 0 aliphatic carbocycles. The zero-order valence-corrected chi connectivity index (χ0v) is 12.7. The molecule has 0 fully saturated rings. The molecule has 0 unspecified atom stereocenters. The van der Waals surface area contributed by atoms with E-state index in [4.69, 9.17) is 14.9 Å². The van der Waals surface area contributed by atoms with E-state index in [0.717, 1.165) is 6.08 Å². The molecule has 0 radical (unpaired) electrons. The second-order valence-electron chi connectivity index (χ2n) is 4.25. The summed E-state index contributed by atoms with van der Waals surface area (Å²) in [5.41, 5.74) is 0.376. The molecule has 0 aliphatic rings. The SMILES string of the molecule is COC(=O)/C=C(/Nc1ccccc1OCCO)C(=O)NCCO. The summed E-state index contributed by atoms with van der Waals surface area (Å²) in [4.78, 5) is 23.5. The van der Waals surface area contributed by atoms with Crippen LogP contribution in [0.25, 0.3) is 0 Å². The number of para-hydroxylation sites is 2. The van der Waals surface area contributed by atoms with Gasteiger partial charge >= 0.3 is 5.97 Å². The van der Waals surface area contributed by atoms with Gasteiger partial charge in [0.15, 0.2) is 0 Å². The minimum atomic E-state index is -0.708. The standard InChI is InChI=1S/C15H20N2O6/c1-22-14(20)10-12(15(21)16-6-7-18)17-11-4-2-3-5-13(11)23-9-8-19/h2-5,10,17-19H,6-9H2,1H3,(H,16,21)/b12-10+. The fourth-order valence-electron chi connectivity index (χ4n) is 1.60. The normalized spacial score (nSPS) is 10.8. The van der Waals surface area contributed by atoms with Gasteiger partial charge in [-0.3, -0.25) is 4.79 Å². The van der Waals surface area contributed by atoms with Gasteiger partial charge in [0.2, 0.25) is 0 Å². The average molecular weight is 324 g/mol. The maximum atomic E-state index is 12.0. The Bertz CT molecular complexity index is 559. The lowest BCUT2D eigenvalue weighted by molar-refractivity contribution is -0.135. The Kier molecular flexibility index (Phi) is 8.19. The number of carbonyl (C=O) groups is 2. The van der Waals surface area contributed by atoms with Crippen LogP contribution in [-0.2, 0) is 14.3 Å². The summed E-state index contributed by atoms with van der Waals surface area (Å²) in [5, 5.41) is 22.8. The number of methoxy groups -OCH3 is 1. The molecule has 0 aromatic heterocycles. The van der Waals surface area contributed by atoms with Gasteiger partial charge in [-0.25, -0.2) is 4.79 Å². The third-order valence-corrected chi connectivity index (χ3v) is 2.61. The Hall–Kier alpha value is -2.58. The maximum absolute atomic E-state index is 12.0. The number of benzene rings is 1. The molecule has 126 valence electrons. The van der Waals surface area contributed by atoms with Crippen LogP contribution in [0.15, 0.2) is 36.0 Å². The molecular formula is C15H20N2O6. The van der Waals surface area contributed by atoms with Crippen LogP contribution >= 0.6 is 0 Å². The maximum Gasteiger partial charge on any atom is 0.332 e. The first-order valence-electron chi connectivity index (χ1n) is 6.90. The van der Waals surface area contributed by atoms with Crippen molar-refractivity contribution in [1.82, 2.24) is 5.32 Å². The quantitative estimate of drug-likeness (QED) is 0.362. The third kappa shape index (κ3) is 6.37. The smallest absolute Gasteiger partial charge is 0.332 e. The average Bonchev–Trinajstić information content (AvgIpc) is 2.57. The molecular weight excluding hydrogens is 304 g/mol. The Morgan fingerprint density at radius 3 is 2.61 bits per heavy atom. The summed E-state index contributed by atoms with van der Waals surface area (Å²) < 4.78 is 9.87. The molecule has 0 heterocycles. The van der Waals surface area contributed by atoms with Crippen molar-refractivity contribution in [2.45, 2.75) is 0 Å². The molecule has 1 aromatic rings. The monoisotopic (exact) mass is 324 g/mol. The van der Waals surface area contributed by atoms with E-state index in [-0.39, 0.29) is 32.1 Å². The number of rotatable bonds is 9. The Labute approximate surface area is 133 Å². The summed E-state index contributed by atoms with van der Waals surface area (Å²) in [7, 11) is 1.19. The van der Waals surface area contributed by atoms with Crippen molar-refractivity contribution in [2.24, 2.45) is 0 Å². The lowest BCUT2D eigenvalue weighted by atomic mass is 10.2. The minimum absolute atomic E-state index is 0.0433. The molecule has 0 bridgehead atoms. The molecule has 0 spiro atoms. The summed E-state index contributed by atoms with van der Waals surface area (Å²) in [6.07, 6.45) is 0.996. The molecule has 1 rings (SSSR count). The van der Waals surface area contributed by atoms with Crippen molar-refractivity contribution in [3.8, 4) is 5.75 Å². The Balaban J connectivity index is 2.99. The largest absolute Gasteiger partial charge is 0.489 e. The number of aliphatic hydroxyl groups excluding tert-OH is 2. The summed E-state index contributed by atoms with van der Waals surface area (Å²) in [6, 6.07) is 6.75. The summed E-state index contributed by atoms with van der Waals surface area (Å²) in [5.74, 6) is -0.880. The minimum Gasteiger partial charge on any atom is -0.489 e. The molecule has 8 heteroatoms. The van der Waals surface area contributed by atoms with Gasteiger partial charge in [0, 0.05) is 6.54 Å².